The lowest BCUT2D eigenvalue weighted by molar-refractivity contribution is 0.570. The fourth-order valence-electron chi connectivity index (χ4n) is 2.02. The molecule has 0 saturated heterocycles. The molecule has 5 nitrogen and oxygen atoms in total. The minimum absolute atomic E-state index is 0.252. The van der Waals surface area contributed by atoms with Crippen LogP contribution in [0.15, 0.2) is 57.6 Å². The number of rotatable bonds is 5. The van der Waals surface area contributed by atoms with Crippen LogP contribution in [0.2, 0.25) is 0 Å². The van der Waals surface area contributed by atoms with Crippen LogP contribution in [0.5, 0.6) is 0 Å². The number of nitrogens with two attached hydrogens (primary N) is 1. The smallest absolute Gasteiger partial charge is 0.236 e. The van der Waals surface area contributed by atoms with Crippen LogP contribution in [0.25, 0.3) is 10.8 Å². The van der Waals surface area contributed by atoms with E-state index in [4.69, 9.17) is 10.2 Å². The van der Waals surface area contributed by atoms with Crippen molar-refractivity contribution in [3.63, 3.8) is 0 Å². The molecule has 2 N–H and O–H groups in total. The van der Waals surface area contributed by atoms with Gasteiger partial charge in [0.1, 0.15) is 12.0 Å². The average molecular weight is 299 g/mol. The van der Waals surface area contributed by atoms with Gasteiger partial charge in [-0.2, -0.15) is 0 Å². The predicted octanol–water partition coefficient (Wildman–Crippen LogP) is 4.04. The summed E-state index contributed by atoms with van der Waals surface area (Å²) in [4.78, 5) is 15.8. The van der Waals surface area contributed by atoms with Gasteiger partial charge in [-0.15, -0.1) is 16.2 Å². The number of benzene rings is 1. The number of hydrogen-bond donors (Lipinski definition) is 1. The van der Waals surface area contributed by atoms with Crippen LogP contribution in [0.3, 0.4) is 0 Å². The molecule has 2 aromatic heterocycles. The summed E-state index contributed by atoms with van der Waals surface area (Å²) in [7, 11) is 0. The summed E-state index contributed by atoms with van der Waals surface area (Å²) < 4.78 is 5.47. The molecule has 0 saturated carbocycles. The van der Waals surface area contributed by atoms with Crippen molar-refractivity contribution >= 4 is 17.0 Å². The van der Waals surface area contributed by atoms with Crippen LogP contribution in [-0.4, -0.2) is 4.98 Å². The Bertz CT molecular complexity index is 720. The first-order chi connectivity index (χ1) is 10.3. The van der Waals surface area contributed by atoms with Gasteiger partial charge in [-0.25, -0.2) is 4.98 Å². The number of aromatic nitrogens is 1. The zero-order valence-electron chi connectivity index (χ0n) is 11.1. The molecule has 0 unspecified atom stereocenters. The Morgan fingerprint density at radius 2 is 2.10 bits per heavy atom. The monoisotopic (exact) mass is 299 g/mol. The molecular weight excluding hydrogens is 286 g/mol. The molecule has 0 radical (unpaired) electrons. The lowest BCUT2D eigenvalue weighted by Gasteiger charge is -2.07. The van der Waals surface area contributed by atoms with Crippen LogP contribution >= 0.6 is 11.3 Å². The van der Waals surface area contributed by atoms with Crippen LogP contribution in [0.1, 0.15) is 17.3 Å². The maximum atomic E-state index is 10.4. The maximum Gasteiger partial charge on any atom is 0.236 e. The van der Waals surface area contributed by atoms with Crippen LogP contribution in [0.4, 0.5) is 5.69 Å². The third-order valence-corrected chi connectivity index (χ3v) is 3.99. The molecule has 0 spiro atoms. The van der Waals surface area contributed by atoms with Crippen molar-refractivity contribution in [3.05, 3.63) is 64.2 Å². The molecule has 3 rings (SSSR count). The molecule has 0 amide bonds. The molecule has 1 aromatic carbocycles. The van der Waals surface area contributed by atoms with Crippen molar-refractivity contribution in [2.45, 2.75) is 12.5 Å². The highest BCUT2D eigenvalue weighted by atomic mass is 32.1. The first-order valence-electron chi connectivity index (χ1n) is 6.43. The number of thiophene rings is 1. The van der Waals surface area contributed by atoms with Gasteiger partial charge in [0, 0.05) is 0 Å². The molecule has 1 atom stereocenters. The molecule has 106 valence electrons. The number of nitroso groups, excluding NO2 is 1. The standard InChI is InChI=1S/C15H13N3O2S/c16-12(8-10-3-5-11(18-19)6-4-10)13-9-20-15(17-13)14-2-1-7-21-14/h1-7,9,12H,8,16H2/t12-/m0/s1. The maximum absolute atomic E-state index is 10.4. The van der Waals surface area contributed by atoms with Gasteiger partial charge in [-0.3, -0.25) is 0 Å². The van der Waals surface area contributed by atoms with Gasteiger partial charge in [0.05, 0.1) is 16.6 Å². The molecule has 0 aliphatic carbocycles. The van der Waals surface area contributed by atoms with Crippen LogP contribution < -0.4 is 5.73 Å². The topological polar surface area (TPSA) is 81.5 Å². The van der Waals surface area contributed by atoms with Gasteiger partial charge in [-0.05, 0) is 40.7 Å². The zero-order valence-corrected chi connectivity index (χ0v) is 11.9. The Morgan fingerprint density at radius 3 is 2.76 bits per heavy atom. The summed E-state index contributed by atoms with van der Waals surface area (Å²) in [5, 5.41) is 4.85. The highest BCUT2D eigenvalue weighted by molar-refractivity contribution is 7.13. The largest absolute Gasteiger partial charge is 0.443 e. The van der Waals surface area contributed by atoms with Crippen molar-refractivity contribution in [3.8, 4) is 10.8 Å². The van der Waals surface area contributed by atoms with Crippen molar-refractivity contribution in [1.29, 1.82) is 0 Å². The van der Waals surface area contributed by atoms with Crippen molar-refractivity contribution in [2.24, 2.45) is 10.9 Å². The van der Waals surface area contributed by atoms with E-state index in [0.29, 0.717) is 18.0 Å². The third kappa shape index (κ3) is 3.07. The lowest BCUT2D eigenvalue weighted by Crippen LogP contribution is -2.13. The van der Waals surface area contributed by atoms with Crippen molar-refractivity contribution in [1.82, 2.24) is 4.98 Å². The first-order valence-corrected chi connectivity index (χ1v) is 7.31. The summed E-state index contributed by atoms with van der Waals surface area (Å²) in [6.45, 7) is 0. The third-order valence-electron chi connectivity index (χ3n) is 3.13. The van der Waals surface area contributed by atoms with E-state index in [-0.39, 0.29) is 6.04 Å². The average Bonchev–Trinajstić information content (AvgIpc) is 3.19. The summed E-state index contributed by atoms with van der Waals surface area (Å²) in [6.07, 6.45) is 2.22. The van der Waals surface area contributed by atoms with Gasteiger partial charge >= 0.3 is 0 Å². The summed E-state index contributed by atoms with van der Waals surface area (Å²) in [6, 6.07) is 10.7. The lowest BCUT2D eigenvalue weighted by atomic mass is 10.0. The van der Waals surface area contributed by atoms with E-state index in [2.05, 4.69) is 10.2 Å². The first kappa shape index (κ1) is 13.7. The van der Waals surface area contributed by atoms with Crippen LogP contribution in [-0.2, 0) is 6.42 Å². The SMILES string of the molecule is N[C@@H](Cc1ccc(N=O)cc1)c1coc(-c2cccs2)n1. The zero-order chi connectivity index (χ0) is 14.7. The fraction of sp³-hybridized carbons (Fsp3) is 0.133. The number of oxazole rings is 1. The predicted molar refractivity (Wildman–Crippen MR) is 82.3 cm³/mol. The van der Waals surface area contributed by atoms with E-state index in [1.54, 1.807) is 29.7 Å². The Balaban J connectivity index is 1.72. The molecule has 3 aromatic rings. The quantitative estimate of drug-likeness (QED) is 0.721. The highest BCUT2D eigenvalue weighted by Gasteiger charge is 2.14. The molecule has 0 aliphatic rings. The minimum Gasteiger partial charge on any atom is -0.443 e. The Hall–Kier alpha value is -2.31. The van der Waals surface area contributed by atoms with E-state index in [0.717, 1.165) is 16.1 Å². The Kier molecular flexibility index (Phi) is 3.89. The van der Waals surface area contributed by atoms with Gasteiger partial charge < -0.3 is 10.2 Å². The van der Waals surface area contributed by atoms with E-state index < -0.39 is 0 Å². The second kappa shape index (κ2) is 5.99. The summed E-state index contributed by atoms with van der Waals surface area (Å²) >= 11 is 1.57. The van der Waals surface area contributed by atoms with Crippen molar-refractivity contribution < 1.29 is 4.42 Å². The van der Waals surface area contributed by atoms with Gasteiger partial charge in [0.15, 0.2) is 0 Å². The Morgan fingerprint density at radius 1 is 1.29 bits per heavy atom. The number of hydrogen-bond acceptors (Lipinski definition) is 6. The minimum atomic E-state index is -0.252. The van der Waals surface area contributed by atoms with E-state index in [1.165, 1.54) is 0 Å². The second-order valence-corrected chi connectivity index (χ2v) is 5.57. The Labute approximate surface area is 125 Å². The van der Waals surface area contributed by atoms with E-state index >= 15 is 0 Å². The fourth-order valence-corrected chi connectivity index (χ4v) is 2.68. The molecule has 0 fully saturated rings. The number of nitrogens with zero attached hydrogens (tertiary/aromatic N) is 2. The van der Waals surface area contributed by atoms with Crippen LogP contribution in [0, 0.1) is 4.91 Å². The van der Waals surface area contributed by atoms with Gasteiger partial charge in [-0.1, -0.05) is 18.2 Å². The van der Waals surface area contributed by atoms with Gasteiger partial charge in [0.2, 0.25) is 5.89 Å². The van der Waals surface area contributed by atoms with E-state index in [9.17, 15) is 4.91 Å². The second-order valence-electron chi connectivity index (χ2n) is 4.62. The summed E-state index contributed by atoms with van der Waals surface area (Å²) in [5.74, 6) is 0.593. The molecular formula is C15H13N3O2S. The molecule has 0 bridgehead atoms. The molecule has 0 aliphatic heterocycles. The normalized spacial score (nSPS) is 12.2. The van der Waals surface area contributed by atoms with E-state index in [1.807, 2.05) is 29.6 Å². The molecule has 2 heterocycles. The molecule has 6 heteroatoms. The summed E-state index contributed by atoms with van der Waals surface area (Å²) in [5.41, 5.74) is 8.31. The highest BCUT2D eigenvalue weighted by Crippen LogP contribution is 2.26. The van der Waals surface area contributed by atoms with Crippen molar-refractivity contribution in [2.75, 3.05) is 0 Å². The molecule has 21 heavy (non-hydrogen) atoms. The van der Waals surface area contributed by atoms with Gasteiger partial charge in [0.25, 0.3) is 0 Å².